The standard InChI is InChI=1S/C47H73N15O12S/c48-18-6-4-11-29(50)39(66)56-31(13-8-20-55-47(53)54)41(68)60-34(23-37(51)64)45(72)61-35(24-38(52)65)44(71)59-32(21-26-9-2-1-3-10-26)42(69)57-30(12-5-7-19-49)40(67)58-33(22-27-14-16-28(63)17-15-27)43(70)62-36(25-75)46(73)74/h1-3,9-10,14-17,29-36,63,75H,4-8,11-13,18-25,48-50H2,(H2,51,64)(H2,52,65)(H,56,66)(H,57,69)(H,58,67)(H,59,71)(H,60,68)(H,61,72)(H,62,70)(H,73,74)(H4,53,54,55)/t29-,30+,31-,32-,33+,34+,35+,36+/m1/s1. The fourth-order valence-corrected chi connectivity index (χ4v) is 7.48. The Bertz CT molecular complexity index is 2260. The number of hydrogen-bond acceptors (Lipinski definition) is 16. The summed E-state index contributed by atoms with van der Waals surface area (Å²) in [6.07, 6.45) is -0.0928. The van der Waals surface area contributed by atoms with Crippen LogP contribution in [0.2, 0.25) is 0 Å². The Morgan fingerprint density at radius 2 is 0.880 bits per heavy atom. The molecule has 0 saturated heterocycles. The summed E-state index contributed by atoms with van der Waals surface area (Å²) < 4.78 is 0. The van der Waals surface area contributed by atoms with Gasteiger partial charge in [-0.05, 0) is 81.3 Å². The average molecular weight is 1070 g/mol. The van der Waals surface area contributed by atoms with E-state index in [0.29, 0.717) is 36.9 Å². The highest BCUT2D eigenvalue weighted by molar-refractivity contribution is 7.80. The molecule has 0 aliphatic carbocycles. The summed E-state index contributed by atoms with van der Waals surface area (Å²) in [7, 11) is 0. The number of nitrogens with two attached hydrogens (primary N) is 7. The number of primary amides is 2. The lowest BCUT2D eigenvalue weighted by molar-refractivity contribution is -0.141. The summed E-state index contributed by atoms with van der Waals surface area (Å²) >= 11 is 4.00. The van der Waals surface area contributed by atoms with E-state index in [0.717, 1.165) is 0 Å². The first-order chi connectivity index (χ1) is 35.6. The quantitative estimate of drug-likeness (QED) is 0.0131. The first-order valence-corrected chi connectivity index (χ1v) is 24.8. The van der Waals surface area contributed by atoms with E-state index in [4.69, 9.17) is 40.1 Å². The second-order valence-electron chi connectivity index (χ2n) is 17.5. The van der Waals surface area contributed by atoms with Crippen LogP contribution in [0, 0.1) is 0 Å². The number of carbonyl (C=O) groups is 10. The molecule has 0 saturated carbocycles. The molecule has 0 heterocycles. The Morgan fingerprint density at radius 3 is 1.32 bits per heavy atom. The van der Waals surface area contributed by atoms with Crippen molar-refractivity contribution >= 4 is 77.7 Å². The summed E-state index contributed by atoms with van der Waals surface area (Å²) in [5, 5.41) is 36.6. The number of guanidine groups is 1. The summed E-state index contributed by atoms with van der Waals surface area (Å²) in [5.74, 6) is -11.0. The van der Waals surface area contributed by atoms with Gasteiger partial charge in [0, 0.05) is 25.1 Å². The van der Waals surface area contributed by atoms with Gasteiger partial charge in [0.2, 0.25) is 53.2 Å². The summed E-state index contributed by atoms with van der Waals surface area (Å²) in [6, 6.07) is 2.04. The molecule has 27 nitrogen and oxygen atoms in total. The lowest BCUT2D eigenvalue weighted by Gasteiger charge is -2.28. The zero-order valence-electron chi connectivity index (χ0n) is 41.5. The molecule has 0 aliphatic heterocycles. The smallest absolute Gasteiger partial charge is 0.327 e. The zero-order valence-corrected chi connectivity index (χ0v) is 42.4. The Balaban J connectivity index is 2.50. The van der Waals surface area contributed by atoms with Crippen molar-refractivity contribution in [1.82, 2.24) is 37.2 Å². The number of unbranched alkanes of at least 4 members (excludes halogenated alkanes) is 2. The van der Waals surface area contributed by atoms with Gasteiger partial charge in [0.1, 0.15) is 48.0 Å². The molecule has 9 amide bonds. The van der Waals surface area contributed by atoms with E-state index in [9.17, 15) is 58.2 Å². The van der Waals surface area contributed by atoms with E-state index in [1.165, 1.54) is 24.3 Å². The van der Waals surface area contributed by atoms with Crippen molar-refractivity contribution in [3.05, 3.63) is 65.7 Å². The number of aromatic hydroxyl groups is 1. The predicted octanol–water partition coefficient (Wildman–Crippen LogP) is -5.02. The first kappa shape index (κ1) is 63.6. The van der Waals surface area contributed by atoms with Crippen LogP contribution in [0.25, 0.3) is 0 Å². The Kier molecular flexibility index (Phi) is 28.8. The Labute approximate surface area is 439 Å². The molecule has 0 unspecified atom stereocenters. The lowest BCUT2D eigenvalue weighted by atomic mass is 10.0. The SMILES string of the molecule is NCCCC[C@@H](N)C(=O)N[C@H](CCCN=C(N)N)C(=O)N[C@@H](CC(N)=O)C(=O)N[C@@H](CC(N)=O)C(=O)N[C@H](Cc1ccccc1)C(=O)N[C@@H](CCCCN)C(=O)N[C@@H](Cc1ccc(O)cc1)C(=O)N[C@@H](CS)C(=O)O. The number of nitrogens with one attached hydrogen (secondary N) is 7. The monoisotopic (exact) mass is 1070 g/mol. The van der Waals surface area contributed by atoms with Crippen molar-refractivity contribution in [3.8, 4) is 5.75 Å². The number of phenolic OH excluding ortho intramolecular Hbond substituents is 1. The largest absolute Gasteiger partial charge is 0.508 e. The highest BCUT2D eigenvalue weighted by Gasteiger charge is 2.35. The maximum absolute atomic E-state index is 14.4. The van der Waals surface area contributed by atoms with Crippen LogP contribution in [0.4, 0.5) is 0 Å². The number of aliphatic carboxylic acids is 1. The Morgan fingerprint density at radius 1 is 0.493 bits per heavy atom. The van der Waals surface area contributed by atoms with Crippen molar-refractivity contribution in [3.63, 3.8) is 0 Å². The van der Waals surface area contributed by atoms with Crippen molar-refractivity contribution in [2.24, 2.45) is 45.1 Å². The normalized spacial score (nSPS) is 14.1. The second-order valence-corrected chi connectivity index (χ2v) is 17.8. The number of hydrogen-bond donors (Lipinski definition) is 17. The number of benzene rings is 2. The minimum Gasteiger partial charge on any atom is -0.508 e. The fourth-order valence-electron chi connectivity index (χ4n) is 7.23. The minimum atomic E-state index is -1.86. The lowest BCUT2D eigenvalue weighted by Crippen LogP contribution is -2.61. The highest BCUT2D eigenvalue weighted by Crippen LogP contribution is 2.14. The van der Waals surface area contributed by atoms with Crippen LogP contribution < -0.4 is 77.4 Å². The number of amides is 9. The molecule has 2 aromatic carbocycles. The van der Waals surface area contributed by atoms with Gasteiger partial charge in [0.05, 0.1) is 18.9 Å². The predicted molar refractivity (Wildman–Crippen MR) is 278 cm³/mol. The van der Waals surface area contributed by atoms with Crippen LogP contribution in [0.5, 0.6) is 5.75 Å². The molecule has 23 N–H and O–H groups in total. The van der Waals surface area contributed by atoms with Gasteiger partial charge in [0.25, 0.3) is 0 Å². The van der Waals surface area contributed by atoms with E-state index in [1.54, 1.807) is 30.3 Å². The van der Waals surface area contributed by atoms with Gasteiger partial charge in [-0.1, -0.05) is 48.9 Å². The van der Waals surface area contributed by atoms with Crippen molar-refractivity contribution < 1.29 is 58.2 Å². The van der Waals surface area contributed by atoms with Crippen molar-refractivity contribution in [1.29, 1.82) is 0 Å². The number of rotatable bonds is 36. The van der Waals surface area contributed by atoms with Crippen LogP contribution >= 0.6 is 12.6 Å². The van der Waals surface area contributed by atoms with Crippen molar-refractivity contribution in [2.75, 3.05) is 25.4 Å². The van der Waals surface area contributed by atoms with Gasteiger partial charge < -0.3 is 87.6 Å². The molecule has 2 rings (SSSR count). The molecule has 2 aromatic rings. The third-order valence-electron chi connectivity index (χ3n) is 11.3. The third kappa shape index (κ3) is 24.8. The molecule has 0 aromatic heterocycles. The molecule has 8 atom stereocenters. The number of carboxylic acids is 1. The summed E-state index contributed by atoms with van der Waals surface area (Å²) in [6.45, 7) is 0.615. The maximum Gasteiger partial charge on any atom is 0.327 e. The fraction of sp³-hybridized carbons (Fsp3) is 0.511. The van der Waals surface area contributed by atoms with Gasteiger partial charge in [-0.3, -0.25) is 48.1 Å². The van der Waals surface area contributed by atoms with E-state index in [1.807, 2.05) is 0 Å². The highest BCUT2D eigenvalue weighted by atomic mass is 32.1. The second kappa shape index (κ2) is 34.0. The molecule has 28 heteroatoms. The van der Waals surface area contributed by atoms with Gasteiger partial charge in [-0.25, -0.2) is 4.79 Å². The minimum absolute atomic E-state index is 0.0415. The maximum atomic E-state index is 14.4. The van der Waals surface area contributed by atoms with E-state index in [2.05, 4.69) is 54.8 Å². The number of nitrogens with zero attached hydrogens (tertiary/aromatic N) is 1. The van der Waals surface area contributed by atoms with E-state index < -0.39 is 120 Å². The van der Waals surface area contributed by atoms with Gasteiger partial charge in [-0.15, -0.1) is 0 Å². The molecule has 75 heavy (non-hydrogen) atoms. The van der Waals surface area contributed by atoms with Crippen molar-refractivity contribution in [2.45, 2.75) is 125 Å². The molecule has 0 aliphatic rings. The number of thiol groups is 1. The molecular formula is C47H73N15O12S. The van der Waals surface area contributed by atoms with Crippen LogP contribution in [0.15, 0.2) is 59.6 Å². The third-order valence-corrected chi connectivity index (χ3v) is 11.6. The van der Waals surface area contributed by atoms with E-state index in [-0.39, 0.29) is 75.5 Å². The summed E-state index contributed by atoms with van der Waals surface area (Å²) in [5.41, 5.74) is 40.1. The van der Waals surface area contributed by atoms with Crippen LogP contribution in [-0.4, -0.2) is 149 Å². The molecule has 414 valence electrons. The molecule has 0 fully saturated rings. The first-order valence-electron chi connectivity index (χ1n) is 24.1. The van der Waals surface area contributed by atoms with E-state index >= 15 is 0 Å². The Hall–Kier alpha value is -7.56. The average Bonchev–Trinajstić information content (AvgIpc) is 3.35. The van der Waals surface area contributed by atoms with Gasteiger partial charge in [0.15, 0.2) is 5.96 Å². The van der Waals surface area contributed by atoms with Gasteiger partial charge >= 0.3 is 5.97 Å². The zero-order chi connectivity index (χ0) is 56.0. The molecule has 0 bridgehead atoms. The number of carbonyl (C=O) groups excluding carboxylic acids is 9. The topological polar surface area (TPSA) is 490 Å². The number of phenols is 1. The molecule has 0 spiro atoms. The van der Waals surface area contributed by atoms with Gasteiger partial charge in [-0.2, -0.15) is 12.6 Å². The molecular weight excluding hydrogens is 999 g/mol. The van der Waals surface area contributed by atoms with Crippen LogP contribution in [-0.2, 0) is 60.8 Å². The summed E-state index contributed by atoms with van der Waals surface area (Å²) in [4.78, 5) is 137. The number of carboxylic acid groups (broad SMARTS) is 1. The number of aliphatic imine (C=N–C) groups is 1. The van der Waals surface area contributed by atoms with Crippen LogP contribution in [0.1, 0.15) is 75.3 Å². The molecule has 0 radical (unpaired) electrons. The van der Waals surface area contributed by atoms with Crippen LogP contribution in [0.3, 0.4) is 0 Å².